The predicted octanol–water partition coefficient (Wildman–Crippen LogP) is 0.0987. The number of hydrogen-bond acceptors (Lipinski definition) is 4. The Bertz CT molecular complexity index is 289. The molecule has 2 atom stereocenters. The van der Waals surface area contributed by atoms with Gasteiger partial charge in [0.05, 0.1) is 0 Å². The van der Waals surface area contributed by atoms with E-state index >= 15 is 0 Å². The fraction of sp³-hybridized carbons (Fsp3) is 0.833. The molecule has 0 spiro atoms. The molecule has 0 aromatic carbocycles. The molecule has 0 radical (unpaired) electrons. The maximum atomic E-state index is 3.39. The lowest BCUT2D eigenvalue weighted by atomic mass is 9.87. The summed E-state index contributed by atoms with van der Waals surface area (Å²) in [5.41, 5.74) is 4.93. The first-order chi connectivity index (χ1) is 7.76. The van der Waals surface area contributed by atoms with Gasteiger partial charge in [-0.1, -0.05) is 0 Å². The van der Waals surface area contributed by atoms with Crippen LogP contribution in [0.3, 0.4) is 0 Å². The fourth-order valence-corrected chi connectivity index (χ4v) is 3.21. The smallest absolute Gasteiger partial charge is 0.0390 e. The van der Waals surface area contributed by atoms with Gasteiger partial charge in [-0.2, -0.15) is 0 Å². The molecule has 16 heavy (non-hydrogen) atoms. The van der Waals surface area contributed by atoms with Gasteiger partial charge in [-0.25, -0.2) is 5.43 Å². The highest BCUT2D eigenvalue weighted by Crippen LogP contribution is 2.32. The van der Waals surface area contributed by atoms with Crippen molar-refractivity contribution in [2.45, 2.75) is 25.4 Å². The van der Waals surface area contributed by atoms with E-state index in [-0.39, 0.29) is 0 Å². The third-order valence-corrected chi connectivity index (χ3v) is 4.10. The van der Waals surface area contributed by atoms with E-state index in [1.807, 2.05) is 0 Å². The molecule has 1 N–H and O–H groups in total. The van der Waals surface area contributed by atoms with E-state index in [9.17, 15) is 0 Å². The molecular formula is C12H22N4. The van der Waals surface area contributed by atoms with Crippen LogP contribution >= 0.6 is 0 Å². The number of hydrogen-bond donors (Lipinski definition) is 1. The molecule has 0 saturated carbocycles. The van der Waals surface area contributed by atoms with E-state index in [1.165, 1.54) is 26.1 Å². The Morgan fingerprint density at radius 3 is 2.75 bits per heavy atom. The normalized spacial score (nSPS) is 35.1. The minimum atomic E-state index is 0.820. The van der Waals surface area contributed by atoms with E-state index in [0.717, 1.165) is 25.2 Å². The van der Waals surface area contributed by atoms with Crippen LogP contribution in [0.25, 0.3) is 0 Å². The largest absolute Gasteiger partial charge is 0.316 e. The molecule has 4 heteroatoms. The molecule has 3 rings (SSSR count). The summed E-state index contributed by atoms with van der Waals surface area (Å²) in [6.45, 7) is 7.97. The molecule has 2 unspecified atom stereocenters. The van der Waals surface area contributed by atoms with E-state index < -0.39 is 0 Å². The Hall–Kier alpha value is -0.580. The van der Waals surface area contributed by atoms with Crippen LogP contribution in [0, 0.1) is 0 Å². The number of likely N-dealkylation sites (N-methyl/N-ethyl adjacent to an activating group) is 1. The number of piperidine rings is 1. The van der Waals surface area contributed by atoms with Crippen molar-refractivity contribution >= 4 is 0 Å². The highest BCUT2D eigenvalue weighted by molar-refractivity contribution is 5.14. The molecule has 2 fully saturated rings. The van der Waals surface area contributed by atoms with E-state index in [2.05, 4.69) is 40.4 Å². The van der Waals surface area contributed by atoms with E-state index in [1.54, 1.807) is 5.57 Å². The molecule has 90 valence electrons. The lowest BCUT2D eigenvalue weighted by Crippen LogP contribution is -2.68. The zero-order chi connectivity index (χ0) is 11.1. The number of likely N-dealkylation sites (tertiary alicyclic amines) is 2. The van der Waals surface area contributed by atoms with Gasteiger partial charge >= 0.3 is 0 Å². The van der Waals surface area contributed by atoms with Crippen molar-refractivity contribution in [3.63, 3.8) is 0 Å². The van der Waals surface area contributed by atoms with Crippen molar-refractivity contribution in [1.29, 1.82) is 0 Å². The molecule has 0 aromatic heterocycles. The van der Waals surface area contributed by atoms with Crippen LogP contribution in [-0.2, 0) is 0 Å². The van der Waals surface area contributed by atoms with Crippen LogP contribution in [-0.4, -0.2) is 66.7 Å². The summed E-state index contributed by atoms with van der Waals surface area (Å²) in [4.78, 5) is 5.15. The number of rotatable bonds is 3. The molecule has 3 aliphatic rings. The Labute approximate surface area is 97.8 Å². The van der Waals surface area contributed by atoms with Gasteiger partial charge in [0, 0.05) is 51.0 Å². The van der Waals surface area contributed by atoms with Gasteiger partial charge in [0.15, 0.2) is 0 Å². The summed E-state index contributed by atoms with van der Waals surface area (Å²) in [5, 5.41) is 2.19. The number of nitrogens with one attached hydrogen (secondary N) is 1. The third kappa shape index (κ3) is 1.75. The van der Waals surface area contributed by atoms with Gasteiger partial charge in [-0.05, 0) is 26.0 Å². The summed E-state index contributed by atoms with van der Waals surface area (Å²) in [6.07, 6.45) is 3.71. The molecular weight excluding hydrogens is 200 g/mol. The first-order valence-corrected chi connectivity index (χ1v) is 6.40. The van der Waals surface area contributed by atoms with Gasteiger partial charge in [-0.15, -0.1) is 0 Å². The second-order valence-corrected chi connectivity index (χ2v) is 5.35. The Balaban J connectivity index is 1.57. The number of hydrazine groups is 1. The lowest BCUT2D eigenvalue weighted by molar-refractivity contribution is -0.0540. The van der Waals surface area contributed by atoms with Crippen LogP contribution in [0.4, 0.5) is 0 Å². The second kappa shape index (κ2) is 4.02. The summed E-state index contributed by atoms with van der Waals surface area (Å²) in [5.74, 6) is 0. The quantitative estimate of drug-likeness (QED) is 0.731. The second-order valence-electron chi connectivity index (χ2n) is 5.35. The van der Waals surface area contributed by atoms with Crippen molar-refractivity contribution in [3.8, 4) is 0 Å². The average Bonchev–Trinajstić information content (AvgIpc) is 2.73. The Morgan fingerprint density at radius 1 is 1.38 bits per heavy atom. The fourth-order valence-electron chi connectivity index (χ4n) is 3.21. The molecule has 0 aromatic rings. The molecule has 3 heterocycles. The Morgan fingerprint density at radius 2 is 2.12 bits per heavy atom. The summed E-state index contributed by atoms with van der Waals surface area (Å²) in [6, 6.07) is 1.64. The standard InChI is InChI=1S/C12H22N4/c1-3-15-6-10(5-13-15)7-16-11-4-12(16)9-14(2)8-11/h6,11-13H,3-5,7-9H2,1-2H3. The minimum absolute atomic E-state index is 0.820. The summed E-state index contributed by atoms with van der Waals surface area (Å²) < 4.78 is 0. The van der Waals surface area contributed by atoms with Crippen LogP contribution in [0.2, 0.25) is 0 Å². The maximum Gasteiger partial charge on any atom is 0.0390 e. The number of fused-ring (bicyclic) bond motifs is 2. The van der Waals surface area contributed by atoms with Gasteiger partial charge in [0.25, 0.3) is 0 Å². The first-order valence-electron chi connectivity index (χ1n) is 6.40. The van der Waals surface area contributed by atoms with Gasteiger partial charge < -0.3 is 9.91 Å². The zero-order valence-corrected chi connectivity index (χ0v) is 10.3. The molecule has 2 saturated heterocycles. The maximum absolute atomic E-state index is 3.39. The van der Waals surface area contributed by atoms with Crippen molar-refractivity contribution < 1.29 is 0 Å². The first kappa shape index (κ1) is 10.6. The highest BCUT2D eigenvalue weighted by Gasteiger charge is 2.43. The van der Waals surface area contributed by atoms with E-state index in [4.69, 9.17) is 0 Å². The summed E-state index contributed by atoms with van der Waals surface area (Å²) in [7, 11) is 2.24. The van der Waals surface area contributed by atoms with Gasteiger partial charge in [-0.3, -0.25) is 4.90 Å². The molecule has 4 nitrogen and oxygen atoms in total. The van der Waals surface area contributed by atoms with Crippen LogP contribution in [0.1, 0.15) is 13.3 Å². The van der Waals surface area contributed by atoms with Crippen LogP contribution in [0.15, 0.2) is 11.8 Å². The SMILES string of the molecule is CCN1C=C(CN2C3CC2CN(C)C3)CN1. The monoisotopic (exact) mass is 222 g/mol. The van der Waals surface area contributed by atoms with Crippen molar-refractivity contribution in [2.24, 2.45) is 0 Å². The lowest BCUT2D eigenvalue weighted by Gasteiger charge is -2.56. The predicted molar refractivity (Wildman–Crippen MR) is 64.9 cm³/mol. The van der Waals surface area contributed by atoms with Gasteiger partial charge in [0.2, 0.25) is 0 Å². The zero-order valence-electron chi connectivity index (χ0n) is 10.3. The van der Waals surface area contributed by atoms with Crippen molar-refractivity contribution in [2.75, 3.05) is 39.8 Å². The Kier molecular flexibility index (Phi) is 2.65. The number of piperazine rings is 1. The highest BCUT2D eigenvalue weighted by atomic mass is 15.5. The van der Waals surface area contributed by atoms with Crippen molar-refractivity contribution in [1.82, 2.24) is 20.2 Å². The molecule has 2 bridgehead atoms. The number of nitrogens with zero attached hydrogens (tertiary/aromatic N) is 3. The molecule has 0 aliphatic carbocycles. The van der Waals surface area contributed by atoms with Crippen LogP contribution < -0.4 is 5.43 Å². The van der Waals surface area contributed by atoms with Crippen LogP contribution in [0.5, 0.6) is 0 Å². The topological polar surface area (TPSA) is 21.8 Å². The average molecular weight is 222 g/mol. The minimum Gasteiger partial charge on any atom is -0.316 e. The van der Waals surface area contributed by atoms with E-state index in [0.29, 0.717) is 0 Å². The molecule has 3 aliphatic heterocycles. The summed E-state index contributed by atoms with van der Waals surface area (Å²) >= 11 is 0. The third-order valence-electron chi connectivity index (χ3n) is 4.10. The van der Waals surface area contributed by atoms with Crippen molar-refractivity contribution in [3.05, 3.63) is 11.8 Å². The van der Waals surface area contributed by atoms with Gasteiger partial charge in [0.1, 0.15) is 0 Å². The molecule has 0 amide bonds.